The summed E-state index contributed by atoms with van der Waals surface area (Å²) < 4.78 is 27.0. The van der Waals surface area contributed by atoms with Gasteiger partial charge in [0.2, 0.25) is 5.89 Å². The highest BCUT2D eigenvalue weighted by Crippen LogP contribution is 2.31. The highest BCUT2D eigenvalue weighted by molar-refractivity contribution is 5.95. The van der Waals surface area contributed by atoms with E-state index in [0.717, 1.165) is 0 Å². The number of hydrogen-bond acceptors (Lipinski definition) is 8. The Hall–Kier alpha value is -2.65. The first-order valence-corrected chi connectivity index (χ1v) is 8.84. The Bertz CT molecular complexity index is 808. The summed E-state index contributed by atoms with van der Waals surface area (Å²) in [6.45, 7) is 2.74. The third-order valence-corrected chi connectivity index (χ3v) is 4.40. The minimum atomic E-state index is -0.198. The molecule has 2 aliphatic rings. The number of benzene rings is 1. The van der Waals surface area contributed by atoms with Crippen molar-refractivity contribution in [1.82, 2.24) is 15.0 Å². The lowest BCUT2D eigenvalue weighted by Gasteiger charge is -2.32. The van der Waals surface area contributed by atoms with E-state index in [9.17, 15) is 4.79 Å². The summed E-state index contributed by atoms with van der Waals surface area (Å²) in [5.74, 6) is 2.17. The molecule has 1 atom stereocenters. The molecular formula is C18H21N3O6. The van der Waals surface area contributed by atoms with Gasteiger partial charge in [-0.05, 0) is 18.2 Å². The standard InChI is InChI=1S/C18H21N3O6/c1-23-11-16-19-17(27-20-16)9-13-10-21(4-5-24-13)18(22)12-2-3-14-15(8-12)26-7-6-25-14/h2-3,8,13H,4-7,9-11H2,1H3. The predicted molar refractivity (Wildman–Crippen MR) is 91.8 cm³/mol. The highest BCUT2D eigenvalue weighted by atomic mass is 16.6. The van der Waals surface area contributed by atoms with E-state index in [1.165, 1.54) is 0 Å². The van der Waals surface area contributed by atoms with E-state index in [2.05, 4.69) is 10.1 Å². The lowest BCUT2D eigenvalue weighted by molar-refractivity contribution is -0.0237. The van der Waals surface area contributed by atoms with E-state index in [1.807, 2.05) is 0 Å². The zero-order valence-electron chi connectivity index (χ0n) is 15.1. The number of fused-ring (bicyclic) bond motifs is 1. The van der Waals surface area contributed by atoms with E-state index in [0.29, 0.717) is 74.7 Å². The molecule has 1 fully saturated rings. The molecule has 2 aliphatic heterocycles. The zero-order chi connectivity index (χ0) is 18.6. The zero-order valence-corrected chi connectivity index (χ0v) is 15.1. The summed E-state index contributed by atoms with van der Waals surface area (Å²) >= 11 is 0. The minimum Gasteiger partial charge on any atom is -0.486 e. The van der Waals surface area contributed by atoms with Crippen LogP contribution in [0, 0.1) is 0 Å². The number of morpholine rings is 1. The Kier molecular flexibility index (Phi) is 5.21. The number of hydrogen-bond donors (Lipinski definition) is 0. The van der Waals surface area contributed by atoms with Crippen LogP contribution in [0.2, 0.25) is 0 Å². The Morgan fingerprint density at radius 1 is 1.26 bits per heavy atom. The summed E-state index contributed by atoms with van der Waals surface area (Å²) in [5.41, 5.74) is 0.570. The van der Waals surface area contributed by atoms with Crippen LogP contribution in [-0.2, 0) is 22.5 Å². The summed E-state index contributed by atoms with van der Waals surface area (Å²) in [6, 6.07) is 5.26. The molecule has 0 saturated carbocycles. The molecule has 4 rings (SSSR count). The fraction of sp³-hybridized carbons (Fsp3) is 0.500. The van der Waals surface area contributed by atoms with Gasteiger partial charge in [0.25, 0.3) is 5.91 Å². The van der Waals surface area contributed by atoms with E-state index < -0.39 is 0 Å². The maximum atomic E-state index is 12.9. The van der Waals surface area contributed by atoms with Crippen LogP contribution in [0.15, 0.2) is 22.7 Å². The number of aromatic nitrogens is 2. The van der Waals surface area contributed by atoms with Gasteiger partial charge in [-0.1, -0.05) is 5.16 Å². The second-order valence-electron chi connectivity index (χ2n) is 6.34. The number of amides is 1. The molecule has 1 saturated heterocycles. The topological polar surface area (TPSA) is 96.2 Å². The lowest BCUT2D eigenvalue weighted by Crippen LogP contribution is -2.46. The van der Waals surface area contributed by atoms with Crippen molar-refractivity contribution in [3.05, 3.63) is 35.5 Å². The number of ether oxygens (including phenoxy) is 4. The van der Waals surface area contributed by atoms with Crippen molar-refractivity contribution in [2.75, 3.05) is 40.0 Å². The maximum Gasteiger partial charge on any atom is 0.254 e. The number of carbonyl (C=O) groups is 1. The second kappa shape index (κ2) is 7.93. The molecule has 1 amide bonds. The van der Waals surface area contributed by atoms with Gasteiger partial charge in [-0.2, -0.15) is 4.98 Å². The summed E-state index contributed by atoms with van der Waals surface area (Å²) in [5, 5.41) is 3.84. The largest absolute Gasteiger partial charge is 0.486 e. The molecule has 1 unspecified atom stereocenters. The van der Waals surface area contributed by atoms with E-state index in [-0.39, 0.29) is 12.0 Å². The van der Waals surface area contributed by atoms with Crippen molar-refractivity contribution >= 4 is 5.91 Å². The smallest absolute Gasteiger partial charge is 0.254 e. The normalized spacial score (nSPS) is 19.1. The molecule has 144 valence electrons. The van der Waals surface area contributed by atoms with Gasteiger partial charge < -0.3 is 28.4 Å². The first-order valence-electron chi connectivity index (χ1n) is 8.84. The van der Waals surface area contributed by atoms with Gasteiger partial charge in [0.1, 0.15) is 19.8 Å². The molecule has 0 bridgehead atoms. The van der Waals surface area contributed by atoms with Gasteiger partial charge in [-0.25, -0.2) is 0 Å². The lowest BCUT2D eigenvalue weighted by atomic mass is 10.1. The van der Waals surface area contributed by atoms with Crippen molar-refractivity contribution in [3.63, 3.8) is 0 Å². The second-order valence-corrected chi connectivity index (χ2v) is 6.34. The number of rotatable bonds is 5. The third-order valence-electron chi connectivity index (χ3n) is 4.40. The van der Waals surface area contributed by atoms with Gasteiger partial charge in [-0.3, -0.25) is 4.79 Å². The van der Waals surface area contributed by atoms with Gasteiger partial charge in [0.05, 0.1) is 19.1 Å². The van der Waals surface area contributed by atoms with Crippen LogP contribution < -0.4 is 9.47 Å². The van der Waals surface area contributed by atoms with Crippen LogP contribution in [0.25, 0.3) is 0 Å². The average Bonchev–Trinajstić information content (AvgIpc) is 3.14. The van der Waals surface area contributed by atoms with Crippen molar-refractivity contribution in [2.24, 2.45) is 0 Å². The van der Waals surface area contributed by atoms with E-state index in [4.69, 9.17) is 23.5 Å². The molecule has 0 N–H and O–H groups in total. The number of nitrogens with zero attached hydrogens (tertiary/aromatic N) is 3. The van der Waals surface area contributed by atoms with Gasteiger partial charge in [0.15, 0.2) is 17.3 Å². The summed E-state index contributed by atoms with van der Waals surface area (Å²) in [6.07, 6.45) is 0.248. The molecular weight excluding hydrogens is 354 g/mol. The van der Waals surface area contributed by atoms with Crippen LogP contribution >= 0.6 is 0 Å². The maximum absolute atomic E-state index is 12.9. The van der Waals surface area contributed by atoms with E-state index in [1.54, 1.807) is 30.2 Å². The Morgan fingerprint density at radius 2 is 2.11 bits per heavy atom. The first-order chi connectivity index (χ1) is 13.2. The fourth-order valence-corrected chi connectivity index (χ4v) is 3.14. The van der Waals surface area contributed by atoms with Gasteiger partial charge in [-0.15, -0.1) is 0 Å². The number of carbonyl (C=O) groups excluding carboxylic acids is 1. The van der Waals surface area contributed by atoms with Crippen molar-refractivity contribution < 1.29 is 28.3 Å². The molecule has 9 heteroatoms. The van der Waals surface area contributed by atoms with Crippen LogP contribution in [0.4, 0.5) is 0 Å². The summed E-state index contributed by atoms with van der Waals surface area (Å²) in [7, 11) is 1.57. The van der Waals surface area contributed by atoms with Crippen LogP contribution in [-0.4, -0.2) is 67.1 Å². The quantitative estimate of drug-likeness (QED) is 0.766. The van der Waals surface area contributed by atoms with E-state index >= 15 is 0 Å². The summed E-state index contributed by atoms with van der Waals surface area (Å²) in [4.78, 5) is 18.9. The van der Waals surface area contributed by atoms with Gasteiger partial charge in [0, 0.05) is 25.8 Å². The minimum absolute atomic E-state index is 0.0640. The molecule has 0 radical (unpaired) electrons. The average molecular weight is 375 g/mol. The first kappa shape index (κ1) is 17.7. The SMILES string of the molecule is COCc1noc(CC2CN(C(=O)c3ccc4c(c3)OCCO4)CCO2)n1. The van der Waals surface area contributed by atoms with Crippen LogP contribution in [0.1, 0.15) is 22.1 Å². The van der Waals surface area contributed by atoms with Crippen LogP contribution in [0.5, 0.6) is 11.5 Å². The van der Waals surface area contributed by atoms with Crippen molar-refractivity contribution in [3.8, 4) is 11.5 Å². The predicted octanol–water partition coefficient (Wildman–Crippen LogP) is 1.07. The van der Waals surface area contributed by atoms with Crippen molar-refractivity contribution in [2.45, 2.75) is 19.1 Å². The molecule has 0 spiro atoms. The Labute approximate surface area is 156 Å². The fourth-order valence-electron chi connectivity index (χ4n) is 3.14. The molecule has 3 heterocycles. The van der Waals surface area contributed by atoms with Gasteiger partial charge >= 0.3 is 0 Å². The molecule has 9 nitrogen and oxygen atoms in total. The van der Waals surface area contributed by atoms with Crippen molar-refractivity contribution in [1.29, 1.82) is 0 Å². The monoisotopic (exact) mass is 375 g/mol. The Balaban J connectivity index is 1.40. The molecule has 27 heavy (non-hydrogen) atoms. The van der Waals surface area contributed by atoms with Crippen LogP contribution in [0.3, 0.4) is 0 Å². The molecule has 1 aromatic carbocycles. The molecule has 0 aliphatic carbocycles. The highest BCUT2D eigenvalue weighted by Gasteiger charge is 2.27. The Morgan fingerprint density at radius 3 is 2.96 bits per heavy atom. The third kappa shape index (κ3) is 4.04. The molecule has 1 aromatic heterocycles. The molecule has 2 aromatic rings. The number of methoxy groups -OCH3 is 1.